The molecule has 1 fully saturated rings. The van der Waals surface area contributed by atoms with Crippen LogP contribution >= 0.6 is 0 Å². The van der Waals surface area contributed by atoms with Crippen LogP contribution in [0.2, 0.25) is 0 Å². The van der Waals surface area contributed by atoms with Crippen LogP contribution in [-0.2, 0) is 19.1 Å². The lowest BCUT2D eigenvalue weighted by Gasteiger charge is -2.33. The number of nitrogens with zero attached hydrogens (tertiary/aromatic N) is 1. The highest BCUT2D eigenvalue weighted by Crippen LogP contribution is 2.19. The first-order valence-corrected chi connectivity index (χ1v) is 10.3. The first kappa shape index (κ1) is 22.2. The maximum absolute atomic E-state index is 12.5. The standard InChI is InChI=1S/C24H25NO6/c1-2-30-24(29)20-10-6-7-15-25(20)21(26)16-31-23(28)19-13-11-18(12-14-19)22(27)17-8-4-3-5-9-17/h3-5,8-9,11-14,20H,2,6-7,10,15-16H2,1H3/t20-/m1/s1. The molecule has 1 saturated heterocycles. The van der Waals surface area contributed by atoms with Crippen LogP contribution in [0, 0.1) is 0 Å². The van der Waals surface area contributed by atoms with Crippen molar-refractivity contribution in [2.75, 3.05) is 19.8 Å². The van der Waals surface area contributed by atoms with Gasteiger partial charge in [0.2, 0.25) is 0 Å². The molecule has 7 nitrogen and oxygen atoms in total. The van der Waals surface area contributed by atoms with Crippen molar-refractivity contribution in [1.29, 1.82) is 0 Å². The fraction of sp³-hybridized carbons (Fsp3) is 0.333. The molecular formula is C24H25NO6. The van der Waals surface area contributed by atoms with Crippen molar-refractivity contribution in [3.63, 3.8) is 0 Å². The summed E-state index contributed by atoms with van der Waals surface area (Å²) in [6, 6.07) is 14.3. The average molecular weight is 423 g/mol. The molecule has 0 bridgehead atoms. The number of amides is 1. The maximum atomic E-state index is 12.5. The fourth-order valence-electron chi connectivity index (χ4n) is 3.52. The van der Waals surface area contributed by atoms with E-state index in [9.17, 15) is 19.2 Å². The molecule has 2 aromatic carbocycles. The van der Waals surface area contributed by atoms with Crippen molar-refractivity contribution in [2.45, 2.75) is 32.2 Å². The summed E-state index contributed by atoms with van der Waals surface area (Å²) >= 11 is 0. The van der Waals surface area contributed by atoms with Gasteiger partial charge in [-0.25, -0.2) is 9.59 Å². The van der Waals surface area contributed by atoms with E-state index in [1.54, 1.807) is 43.3 Å². The Morgan fingerprint density at radius 3 is 2.19 bits per heavy atom. The normalized spacial score (nSPS) is 15.8. The number of ether oxygens (including phenoxy) is 2. The van der Waals surface area contributed by atoms with Crippen LogP contribution < -0.4 is 0 Å². The van der Waals surface area contributed by atoms with Crippen molar-refractivity contribution in [2.24, 2.45) is 0 Å². The van der Waals surface area contributed by atoms with E-state index >= 15 is 0 Å². The van der Waals surface area contributed by atoms with Crippen LogP contribution in [0.3, 0.4) is 0 Å². The molecule has 0 N–H and O–H groups in total. The predicted molar refractivity (Wildman–Crippen MR) is 113 cm³/mol. The number of likely N-dealkylation sites (tertiary alicyclic amines) is 1. The molecular weight excluding hydrogens is 398 g/mol. The van der Waals surface area contributed by atoms with E-state index in [1.807, 2.05) is 6.07 Å². The SMILES string of the molecule is CCOC(=O)[C@H]1CCCCN1C(=O)COC(=O)c1ccc(C(=O)c2ccccc2)cc1. The number of benzene rings is 2. The Morgan fingerprint density at radius 2 is 1.52 bits per heavy atom. The van der Waals surface area contributed by atoms with Crippen molar-refractivity contribution < 1.29 is 28.7 Å². The zero-order valence-corrected chi connectivity index (χ0v) is 17.4. The third-order valence-corrected chi connectivity index (χ3v) is 5.13. The Hall–Kier alpha value is -3.48. The van der Waals surface area contributed by atoms with Crippen LogP contribution in [0.5, 0.6) is 0 Å². The molecule has 1 aliphatic heterocycles. The minimum atomic E-state index is -0.670. The Morgan fingerprint density at radius 1 is 0.871 bits per heavy atom. The van der Waals surface area contributed by atoms with Gasteiger partial charge in [0.25, 0.3) is 5.91 Å². The third kappa shape index (κ3) is 5.57. The average Bonchev–Trinajstić information content (AvgIpc) is 2.82. The first-order chi connectivity index (χ1) is 15.0. The summed E-state index contributed by atoms with van der Waals surface area (Å²) in [6.45, 7) is 1.93. The van der Waals surface area contributed by atoms with Crippen molar-refractivity contribution in [3.05, 3.63) is 71.3 Å². The zero-order valence-electron chi connectivity index (χ0n) is 17.4. The molecule has 31 heavy (non-hydrogen) atoms. The highest BCUT2D eigenvalue weighted by Gasteiger charge is 2.33. The predicted octanol–water partition coefficient (Wildman–Crippen LogP) is 3.02. The van der Waals surface area contributed by atoms with Crippen LogP contribution in [0.1, 0.15) is 52.5 Å². The van der Waals surface area contributed by atoms with Crippen molar-refractivity contribution >= 4 is 23.6 Å². The molecule has 2 aromatic rings. The highest BCUT2D eigenvalue weighted by molar-refractivity contribution is 6.09. The van der Waals surface area contributed by atoms with Gasteiger partial charge in [-0.05, 0) is 38.3 Å². The Bertz CT molecular complexity index is 938. The number of piperidine rings is 1. The number of carbonyl (C=O) groups is 4. The third-order valence-electron chi connectivity index (χ3n) is 5.13. The lowest BCUT2D eigenvalue weighted by molar-refractivity contribution is -0.157. The molecule has 1 aliphatic rings. The first-order valence-electron chi connectivity index (χ1n) is 10.3. The molecule has 1 heterocycles. The molecule has 162 valence electrons. The lowest BCUT2D eigenvalue weighted by atomic mass is 10.0. The second-order valence-electron chi connectivity index (χ2n) is 7.20. The van der Waals surface area contributed by atoms with Crippen LogP contribution in [0.15, 0.2) is 54.6 Å². The van der Waals surface area contributed by atoms with Gasteiger partial charge in [0.15, 0.2) is 12.4 Å². The maximum Gasteiger partial charge on any atom is 0.338 e. The number of rotatable bonds is 7. The second-order valence-corrected chi connectivity index (χ2v) is 7.20. The molecule has 0 saturated carbocycles. The number of hydrogen-bond acceptors (Lipinski definition) is 6. The molecule has 0 unspecified atom stereocenters. The molecule has 1 amide bonds. The number of esters is 2. The van der Waals surface area contributed by atoms with E-state index in [-0.39, 0.29) is 18.0 Å². The summed E-state index contributed by atoms with van der Waals surface area (Å²) in [6.07, 6.45) is 2.16. The van der Waals surface area contributed by atoms with E-state index in [1.165, 1.54) is 17.0 Å². The van der Waals surface area contributed by atoms with Gasteiger partial charge in [-0.3, -0.25) is 9.59 Å². The van der Waals surface area contributed by atoms with E-state index in [2.05, 4.69) is 0 Å². The summed E-state index contributed by atoms with van der Waals surface area (Å²) in [5.41, 5.74) is 1.24. The summed E-state index contributed by atoms with van der Waals surface area (Å²) in [4.78, 5) is 50.9. The summed E-state index contributed by atoms with van der Waals surface area (Å²) < 4.78 is 10.2. The molecule has 3 rings (SSSR count). The van der Waals surface area contributed by atoms with Crippen LogP contribution in [0.4, 0.5) is 0 Å². The molecule has 0 aliphatic carbocycles. The smallest absolute Gasteiger partial charge is 0.338 e. The second kappa shape index (κ2) is 10.5. The topological polar surface area (TPSA) is 90.0 Å². The van der Waals surface area contributed by atoms with Crippen LogP contribution in [-0.4, -0.2) is 54.3 Å². The van der Waals surface area contributed by atoms with Gasteiger partial charge in [0.1, 0.15) is 6.04 Å². The van der Waals surface area contributed by atoms with Crippen molar-refractivity contribution in [3.8, 4) is 0 Å². The zero-order chi connectivity index (χ0) is 22.2. The highest BCUT2D eigenvalue weighted by atomic mass is 16.5. The van der Waals surface area contributed by atoms with Gasteiger partial charge >= 0.3 is 11.9 Å². The summed E-state index contributed by atoms with van der Waals surface area (Å²) in [5, 5.41) is 0. The quantitative estimate of drug-likeness (QED) is 0.502. The van der Waals surface area contributed by atoms with Gasteiger partial charge < -0.3 is 14.4 Å². The van der Waals surface area contributed by atoms with Crippen LogP contribution in [0.25, 0.3) is 0 Å². The molecule has 1 atom stereocenters. The van der Waals surface area contributed by atoms with E-state index in [0.29, 0.717) is 24.1 Å². The largest absolute Gasteiger partial charge is 0.464 e. The Kier molecular flexibility index (Phi) is 7.54. The number of ketones is 1. The molecule has 0 spiro atoms. The van der Waals surface area contributed by atoms with E-state index in [0.717, 1.165) is 12.8 Å². The summed E-state index contributed by atoms with van der Waals surface area (Å²) in [7, 11) is 0. The van der Waals surface area contributed by atoms with Gasteiger partial charge in [0, 0.05) is 17.7 Å². The number of hydrogen-bond donors (Lipinski definition) is 0. The van der Waals surface area contributed by atoms with Gasteiger partial charge in [0.05, 0.1) is 12.2 Å². The van der Waals surface area contributed by atoms with E-state index in [4.69, 9.17) is 9.47 Å². The van der Waals surface area contributed by atoms with Gasteiger partial charge in [-0.15, -0.1) is 0 Å². The molecule has 0 aromatic heterocycles. The number of carbonyl (C=O) groups excluding carboxylic acids is 4. The van der Waals surface area contributed by atoms with Gasteiger partial charge in [-0.2, -0.15) is 0 Å². The van der Waals surface area contributed by atoms with Crippen molar-refractivity contribution in [1.82, 2.24) is 4.90 Å². The lowest BCUT2D eigenvalue weighted by Crippen LogP contribution is -2.50. The monoisotopic (exact) mass is 423 g/mol. The fourth-order valence-corrected chi connectivity index (χ4v) is 3.52. The van der Waals surface area contributed by atoms with E-state index < -0.39 is 30.5 Å². The molecule has 7 heteroatoms. The Labute approximate surface area is 180 Å². The van der Waals surface area contributed by atoms with Gasteiger partial charge in [-0.1, -0.05) is 42.5 Å². The minimum Gasteiger partial charge on any atom is -0.464 e. The Balaban J connectivity index is 1.58. The minimum absolute atomic E-state index is 0.147. The summed E-state index contributed by atoms with van der Waals surface area (Å²) in [5.74, 6) is -1.68. The molecule has 0 radical (unpaired) electrons.